The van der Waals surface area contributed by atoms with Crippen LogP contribution in [0.3, 0.4) is 0 Å². The van der Waals surface area contributed by atoms with E-state index in [4.69, 9.17) is 10.5 Å². The zero-order chi connectivity index (χ0) is 14.7. The number of aryl methyl sites for hydroxylation is 2. The van der Waals surface area contributed by atoms with Crippen LogP contribution in [0, 0.1) is 0 Å². The van der Waals surface area contributed by atoms with Gasteiger partial charge in [0.25, 0.3) is 0 Å². The summed E-state index contributed by atoms with van der Waals surface area (Å²) in [5.74, 6) is 1.82. The zero-order valence-electron chi connectivity index (χ0n) is 12.1. The monoisotopic (exact) mass is 345 g/mol. The summed E-state index contributed by atoms with van der Waals surface area (Å²) in [5, 5.41) is 0. The molecule has 2 aromatic carbocycles. The molecule has 0 saturated carbocycles. The summed E-state index contributed by atoms with van der Waals surface area (Å²) in [6.45, 7) is 0.627. The average Bonchev–Trinajstić information content (AvgIpc) is 2.50. The third-order valence-electron chi connectivity index (χ3n) is 3.99. The van der Waals surface area contributed by atoms with E-state index in [9.17, 15) is 0 Å². The second kappa shape index (κ2) is 6.63. The van der Waals surface area contributed by atoms with E-state index < -0.39 is 0 Å². The Hall–Kier alpha value is -1.32. The Morgan fingerprint density at radius 2 is 1.81 bits per heavy atom. The molecule has 2 N–H and O–H groups in total. The molecular formula is C18H20BrNO. The second-order valence-electron chi connectivity index (χ2n) is 5.53. The van der Waals surface area contributed by atoms with Crippen LogP contribution < -0.4 is 10.5 Å². The summed E-state index contributed by atoms with van der Waals surface area (Å²) >= 11 is 3.51. The lowest BCUT2D eigenvalue weighted by Crippen LogP contribution is -2.05. The van der Waals surface area contributed by atoms with Crippen molar-refractivity contribution in [1.82, 2.24) is 0 Å². The molecule has 110 valence electrons. The van der Waals surface area contributed by atoms with Gasteiger partial charge in [0.1, 0.15) is 11.5 Å². The van der Waals surface area contributed by atoms with Crippen LogP contribution in [-0.4, -0.2) is 6.54 Å². The fraction of sp³-hybridized carbons (Fsp3) is 0.333. The number of ether oxygens (including phenoxy) is 1. The zero-order valence-corrected chi connectivity index (χ0v) is 13.7. The molecule has 2 aromatic rings. The van der Waals surface area contributed by atoms with Crippen LogP contribution >= 0.6 is 15.9 Å². The van der Waals surface area contributed by atoms with Crippen LogP contribution in [0.5, 0.6) is 11.5 Å². The van der Waals surface area contributed by atoms with E-state index in [1.807, 2.05) is 12.1 Å². The molecule has 0 unspecified atom stereocenters. The lowest BCUT2D eigenvalue weighted by Gasteiger charge is -2.17. The van der Waals surface area contributed by atoms with Crippen molar-refractivity contribution in [3.8, 4) is 11.5 Å². The molecule has 1 aliphatic carbocycles. The highest BCUT2D eigenvalue weighted by atomic mass is 79.9. The van der Waals surface area contributed by atoms with E-state index in [0.717, 1.165) is 28.0 Å². The van der Waals surface area contributed by atoms with Gasteiger partial charge in [-0.25, -0.2) is 0 Å². The molecule has 3 heteroatoms. The number of rotatable bonds is 4. The van der Waals surface area contributed by atoms with Crippen LogP contribution in [0.15, 0.2) is 40.9 Å². The quantitative estimate of drug-likeness (QED) is 0.877. The maximum Gasteiger partial charge on any atom is 0.131 e. The van der Waals surface area contributed by atoms with Crippen molar-refractivity contribution in [2.24, 2.45) is 5.73 Å². The van der Waals surface area contributed by atoms with Crippen LogP contribution in [0.4, 0.5) is 0 Å². The van der Waals surface area contributed by atoms with Crippen molar-refractivity contribution >= 4 is 15.9 Å². The van der Waals surface area contributed by atoms with Gasteiger partial charge in [0.05, 0.1) is 0 Å². The van der Waals surface area contributed by atoms with Gasteiger partial charge in [-0.1, -0.05) is 28.1 Å². The number of benzene rings is 2. The number of nitrogens with two attached hydrogens (primary N) is 1. The molecule has 0 atom stereocenters. The summed E-state index contributed by atoms with van der Waals surface area (Å²) in [6, 6.07) is 12.6. The Balaban J connectivity index is 1.87. The normalized spacial score (nSPS) is 13.8. The van der Waals surface area contributed by atoms with E-state index >= 15 is 0 Å². The molecule has 0 spiro atoms. The molecule has 0 amide bonds. The van der Waals surface area contributed by atoms with Gasteiger partial charge in [-0.2, -0.15) is 0 Å². The van der Waals surface area contributed by atoms with Crippen molar-refractivity contribution in [2.45, 2.75) is 32.1 Å². The maximum absolute atomic E-state index is 6.12. The summed E-state index contributed by atoms with van der Waals surface area (Å²) < 4.78 is 7.15. The van der Waals surface area contributed by atoms with Crippen LogP contribution in [0.2, 0.25) is 0 Å². The minimum absolute atomic E-state index is 0.627. The first-order chi connectivity index (χ1) is 10.3. The van der Waals surface area contributed by atoms with Gasteiger partial charge in [0, 0.05) is 4.47 Å². The van der Waals surface area contributed by atoms with Gasteiger partial charge < -0.3 is 10.5 Å². The standard InChI is InChI=1S/C18H20BrNO/c19-16-7-5-14(9-10-20)18(12-16)21-17-8-6-13-3-1-2-4-15(13)11-17/h5-8,11-12H,1-4,9-10,20H2. The molecule has 0 aromatic heterocycles. The first-order valence-corrected chi connectivity index (χ1v) is 8.34. The molecule has 0 radical (unpaired) electrons. The Labute approximate surface area is 134 Å². The Morgan fingerprint density at radius 1 is 1.00 bits per heavy atom. The van der Waals surface area contributed by atoms with Crippen molar-refractivity contribution in [3.05, 3.63) is 57.6 Å². The number of hydrogen-bond donors (Lipinski definition) is 1. The van der Waals surface area contributed by atoms with Gasteiger partial charge in [0.15, 0.2) is 0 Å². The molecular weight excluding hydrogens is 326 g/mol. The van der Waals surface area contributed by atoms with E-state index in [1.54, 1.807) is 0 Å². The summed E-state index contributed by atoms with van der Waals surface area (Å²) in [4.78, 5) is 0. The minimum Gasteiger partial charge on any atom is -0.457 e. The second-order valence-corrected chi connectivity index (χ2v) is 6.45. The molecule has 0 bridgehead atoms. The SMILES string of the molecule is NCCc1ccc(Br)cc1Oc1ccc2c(c1)CCCC2. The van der Waals surface area contributed by atoms with Crippen LogP contribution in [-0.2, 0) is 19.3 Å². The molecule has 0 fully saturated rings. The highest BCUT2D eigenvalue weighted by molar-refractivity contribution is 9.10. The lowest BCUT2D eigenvalue weighted by atomic mass is 9.92. The fourth-order valence-electron chi connectivity index (χ4n) is 2.89. The molecule has 21 heavy (non-hydrogen) atoms. The van der Waals surface area contributed by atoms with Crippen molar-refractivity contribution in [1.29, 1.82) is 0 Å². The number of fused-ring (bicyclic) bond motifs is 1. The smallest absolute Gasteiger partial charge is 0.131 e. The number of hydrogen-bond acceptors (Lipinski definition) is 2. The first-order valence-electron chi connectivity index (χ1n) is 7.54. The predicted molar refractivity (Wildman–Crippen MR) is 90.1 cm³/mol. The third kappa shape index (κ3) is 3.47. The highest BCUT2D eigenvalue weighted by Crippen LogP contribution is 2.31. The van der Waals surface area contributed by atoms with Gasteiger partial charge in [-0.3, -0.25) is 0 Å². The minimum atomic E-state index is 0.627. The maximum atomic E-state index is 6.12. The Morgan fingerprint density at radius 3 is 2.62 bits per heavy atom. The van der Waals surface area contributed by atoms with E-state index in [2.05, 4.69) is 40.2 Å². The molecule has 0 heterocycles. The van der Waals surface area contributed by atoms with Crippen molar-refractivity contribution < 1.29 is 4.74 Å². The van der Waals surface area contributed by atoms with Gasteiger partial charge in [-0.05, 0) is 79.6 Å². The number of halogens is 1. The molecule has 1 aliphatic rings. The average molecular weight is 346 g/mol. The Bertz CT molecular complexity index is 639. The van der Waals surface area contributed by atoms with E-state index in [1.165, 1.54) is 36.8 Å². The van der Waals surface area contributed by atoms with Crippen molar-refractivity contribution in [3.63, 3.8) is 0 Å². The summed E-state index contributed by atoms with van der Waals surface area (Å²) in [7, 11) is 0. The van der Waals surface area contributed by atoms with Crippen molar-refractivity contribution in [2.75, 3.05) is 6.54 Å². The molecule has 3 rings (SSSR count). The highest BCUT2D eigenvalue weighted by Gasteiger charge is 2.11. The Kier molecular flexibility index (Phi) is 4.61. The molecule has 0 saturated heterocycles. The van der Waals surface area contributed by atoms with Crippen LogP contribution in [0.25, 0.3) is 0 Å². The van der Waals surface area contributed by atoms with Gasteiger partial charge in [-0.15, -0.1) is 0 Å². The predicted octanol–water partition coefficient (Wildman–Crippen LogP) is 4.62. The van der Waals surface area contributed by atoms with E-state index in [0.29, 0.717) is 6.54 Å². The van der Waals surface area contributed by atoms with Gasteiger partial charge in [0.2, 0.25) is 0 Å². The molecule has 0 aliphatic heterocycles. The molecule has 2 nitrogen and oxygen atoms in total. The largest absolute Gasteiger partial charge is 0.457 e. The fourth-order valence-corrected chi connectivity index (χ4v) is 3.23. The van der Waals surface area contributed by atoms with Crippen LogP contribution in [0.1, 0.15) is 29.5 Å². The topological polar surface area (TPSA) is 35.2 Å². The lowest BCUT2D eigenvalue weighted by molar-refractivity contribution is 0.474. The third-order valence-corrected chi connectivity index (χ3v) is 4.48. The van der Waals surface area contributed by atoms with E-state index in [-0.39, 0.29) is 0 Å². The van der Waals surface area contributed by atoms with Gasteiger partial charge >= 0.3 is 0 Å². The summed E-state index contributed by atoms with van der Waals surface area (Å²) in [5.41, 5.74) is 9.75. The summed E-state index contributed by atoms with van der Waals surface area (Å²) in [6.07, 6.45) is 5.78. The first kappa shape index (κ1) is 14.6.